The quantitative estimate of drug-likeness (QED) is 0.329. The number of nitrogens with zero attached hydrogens (tertiary/aromatic N) is 1. The number of rotatable bonds is 8. The van der Waals surface area contributed by atoms with Gasteiger partial charge in [-0.2, -0.15) is 0 Å². The molecule has 0 fully saturated rings. The molecule has 0 aliphatic carbocycles. The minimum absolute atomic E-state index is 0. The van der Waals surface area contributed by atoms with Crippen LogP contribution in [0.25, 0.3) is 0 Å². The topological polar surface area (TPSA) is 75.1 Å². The van der Waals surface area contributed by atoms with Gasteiger partial charge in [-0.15, -0.1) is 24.0 Å². The van der Waals surface area contributed by atoms with Crippen LogP contribution < -0.4 is 15.4 Å². The molecule has 1 aromatic rings. The average molecular weight is 437 g/mol. The molecule has 23 heavy (non-hydrogen) atoms. The fraction of sp³-hybridized carbons (Fsp3) is 0.562. The minimum Gasteiger partial charge on any atom is -0.497 e. The molecule has 7 heteroatoms. The number of guanidine groups is 1. The van der Waals surface area contributed by atoms with Gasteiger partial charge in [-0.1, -0.05) is 12.1 Å². The highest BCUT2D eigenvalue weighted by molar-refractivity contribution is 14.0. The lowest BCUT2D eigenvalue weighted by molar-refractivity contribution is 0.178. The zero-order valence-electron chi connectivity index (χ0n) is 14.2. The van der Waals surface area contributed by atoms with Crippen molar-refractivity contribution in [1.29, 1.82) is 0 Å². The Morgan fingerprint density at radius 2 is 2.09 bits per heavy atom. The second-order valence-electron chi connectivity index (χ2n) is 5.01. The van der Waals surface area contributed by atoms with E-state index in [0.29, 0.717) is 12.6 Å². The molecule has 1 aromatic carbocycles. The number of nitrogens with one attached hydrogen (secondary N) is 2. The van der Waals surface area contributed by atoms with Crippen LogP contribution in [-0.2, 0) is 4.74 Å². The summed E-state index contributed by atoms with van der Waals surface area (Å²) in [6, 6.07) is 7.50. The van der Waals surface area contributed by atoms with Gasteiger partial charge in [0, 0.05) is 19.7 Å². The van der Waals surface area contributed by atoms with Gasteiger partial charge in [0.2, 0.25) is 0 Å². The Kier molecular flexibility index (Phi) is 11.8. The van der Waals surface area contributed by atoms with Gasteiger partial charge in [0.05, 0.1) is 26.4 Å². The number of hydrogen-bond donors (Lipinski definition) is 3. The molecule has 0 aliphatic rings. The largest absolute Gasteiger partial charge is 0.497 e. The molecule has 3 N–H and O–H groups in total. The van der Waals surface area contributed by atoms with Crippen LogP contribution in [-0.4, -0.2) is 51.0 Å². The summed E-state index contributed by atoms with van der Waals surface area (Å²) in [5.41, 5.74) is 0.781. The molecule has 0 aliphatic heterocycles. The van der Waals surface area contributed by atoms with E-state index in [0.717, 1.165) is 17.9 Å². The number of benzene rings is 1. The Labute approximate surface area is 155 Å². The maximum atomic E-state index is 10.3. The van der Waals surface area contributed by atoms with Crippen molar-refractivity contribution in [2.75, 3.05) is 33.9 Å². The van der Waals surface area contributed by atoms with Crippen LogP contribution in [0.2, 0.25) is 0 Å². The smallest absolute Gasteiger partial charge is 0.191 e. The summed E-state index contributed by atoms with van der Waals surface area (Å²) in [6.07, 6.45) is -0.678. The Balaban J connectivity index is 0.00000484. The third-order valence-electron chi connectivity index (χ3n) is 3.04. The zero-order valence-corrected chi connectivity index (χ0v) is 16.5. The monoisotopic (exact) mass is 437 g/mol. The fourth-order valence-corrected chi connectivity index (χ4v) is 1.98. The first-order chi connectivity index (χ1) is 10.6. The van der Waals surface area contributed by atoms with Crippen LogP contribution >= 0.6 is 24.0 Å². The van der Waals surface area contributed by atoms with Crippen molar-refractivity contribution in [3.63, 3.8) is 0 Å². The first kappa shape index (κ1) is 21.9. The predicted octanol–water partition coefficient (Wildman–Crippen LogP) is 1.94. The van der Waals surface area contributed by atoms with E-state index >= 15 is 0 Å². The Hall–Kier alpha value is -1.06. The van der Waals surface area contributed by atoms with E-state index in [1.165, 1.54) is 0 Å². The zero-order chi connectivity index (χ0) is 16.4. The third-order valence-corrected chi connectivity index (χ3v) is 3.04. The van der Waals surface area contributed by atoms with Gasteiger partial charge in [0.1, 0.15) is 5.75 Å². The lowest BCUT2D eigenvalue weighted by Crippen LogP contribution is -2.44. The lowest BCUT2D eigenvalue weighted by atomic mass is 10.1. The van der Waals surface area contributed by atoms with Crippen molar-refractivity contribution in [2.24, 2.45) is 4.99 Å². The van der Waals surface area contributed by atoms with Crippen molar-refractivity contribution >= 4 is 29.9 Å². The Morgan fingerprint density at radius 1 is 1.35 bits per heavy atom. The summed E-state index contributed by atoms with van der Waals surface area (Å²) >= 11 is 0. The van der Waals surface area contributed by atoms with E-state index in [4.69, 9.17) is 9.47 Å². The van der Waals surface area contributed by atoms with Gasteiger partial charge in [-0.05, 0) is 31.5 Å². The maximum absolute atomic E-state index is 10.3. The van der Waals surface area contributed by atoms with Crippen molar-refractivity contribution in [3.05, 3.63) is 29.8 Å². The normalized spacial score (nSPS) is 13.7. The second kappa shape index (κ2) is 12.4. The van der Waals surface area contributed by atoms with Gasteiger partial charge >= 0.3 is 0 Å². The summed E-state index contributed by atoms with van der Waals surface area (Å²) in [7, 11) is 3.27. The van der Waals surface area contributed by atoms with Crippen LogP contribution in [0, 0.1) is 0 Å². The van der Waals surface area contributed by atoms with Gasteiger partial charge < -0.3 is 25.2 Å². The predicted molar refractivity (Wildman–Crippen MR) is 104 cm³/mol. The third kappa shape index (κ3) is 8.38. The average Bonchev–Trinajstić information content (AvgIpc) is 2.52. The summed E-state index contributed by atoms with van der Waals surface area (Å²) in [4.78, 5) is 4.42. The summed E-state index contributed by atoms with van der Waals surface area (Å²) < 4.78 is 10.3. The first-order valence-corrected chi connectivity index (χ1v) is 7.46. The number of hydrogen-bond acceptors (Lipinski definition) is 4. The second-order valence-corrected chi connectivity index (χ2v) is 5.01. The minimum atomic E-state index is -0.678. The molecule has 0 saturated carbocycles. The highest BCUT2D eigenvalue weighted by Crippen LogP contribution is 2.19. The van der Waals surface area contributed by atoms with Gasteiger partial charge in [-0.3, -0.25) is 4.99 Å². The number of methoxy groups -OCH3 is 2. The summed E-state index contributed by atoms with van der Waals surface area (Å²) in [6.45, 7) is 5.61. The van der Waals surface area contributed by atoms with Crippen molar-refractivity contribution < 1.29 is 14.6 Å². The number of ether oxygens (including phenoxy) is 2. The van der Waals surface area contributed by atoms with Crippen LogP contribution in [0.5, 0.6) is 5.75 Å². The van der Waals surface area contributed by atoms with Crippen molar-refractivity contribution in [1.82, 2.24) is 10.6 Å². The standard InChI is InChI=1S/C16H27N3O3.HI/c1-5-17-16(19-12(2)11-21-3)18-10-15(20)13-7-6-8-14(9-13)22-4;/h6-9,12,15,20H,5,10-11H2,1-4H3,(H2,17,18,19);1H. The van der Waals surface area contributed by atoms with Crippen LogP contribution in [0.1, 0.15) is 25.5 Å². The van der Waals surface area contributed by atoms with E-state index in [1.807, 2.05) is 38.1 Å². The molecular weight excluding hydrogens is 409 g/mol. The molecule has 0 heterocycles. The SMILES string of the molecule is CCNC(=NCC(O)c1cccc(OC)c1)NC(C)COC.I. The van der Waals surface area contributed by atoms with Crippen LogP contribution in [0.4, 0.5) is 0 Å². The van der Waals surface area contributed by atoms with Gasteiger partial charge in [0.25, 0.3) is 0 Å². The molecule has 132 valence electrons. The van der Waals surface area contributed by atoms with Crippen molar-refractivity contribution in [2.45, 2.75) is 26.0 Å². The molecule has 0 amide bonds. The molecule has 0 saturated heterocycles. The molecule has 2 unspecified atom stereocenters. The number of halogens is 1. The van der Waals surface area contributed by atoms with Gasteiger partial charge in [0.15, 0.2) is 5.96 Å². The van der Waals surface area contributed by atoms with E-state index in [2.05, 4.69) is 15.6 Å². The summed E-state index contributed by atoms with van der Waals surface area (Å²) in [5.74, 6) is 1.38. The summed E-state index contributed by atoms with van der Waals surface area (Å²) in [5, 5.41) is 16.6. The van der Waals surface area contributed by atoms with Gasteiger partial charge in [-0.25, -0.2) is 0 Å². The molecule has 0 bridgehead atoms. The van der Waals surface area contributed by atoms with Crippen molar-refractivity contribution in [3.8, 4) is 5.75 Å². The number of aliphatic hydroxyl groups is 1. The number of aliphatic imine (C=N–C) groups is 1. The Bertz CT molecular complexity index is 472. The van der Waals surface area contributed by atoms with Crippen LogP contribution in [0.15, 0.2) is 29.3 Å². The fourth-order valence-electron chi connectivity index (χ4n) is 1.98. The highest BCUT2D eigenvalue weighted by Gasteiger charge is 2.09. The lowest BCUT2D eigenvalue weighted by Gasteiger charge is -2.18. The molecule has 0 radical (unpaired) electrons. The Morgan fingerprint density at radius 3 is 2.70 bits per heavy atom. The van der Waals surface area contributed by atoms with E-state index < -0.39 is 6.10 Å². The maximum Gasteiger partial charge on any atom is 0.191 e. The van der Waals surface area contributed by atoms with E-state index in [9.17, 15) is 5.11 Å². The molecule has 6 nitrogen and oxygen atoms in total. The molecule has 0 aromatic heterocycles. The molecular formula is C16H28IN3O3. The molecule has 1 rings (SSSR count). The molecule has 2 atom stereocenters. The van der Waals surface area contributed by atoms with E-state index in [1.54, 1.807) is 14.2 Å². The van der Waals surface area contributed by atoms with Crippen LogP contribution in [0.3, 0.4) is 0 Å². The van der Waals surface area contributed by atoms with E-state index in [-0.39, 0.29) is 36.6 Å². The molecule has 0 spiro atoms. The first-order valence-electron chi connectivity index (χ1n) is 7.46. The number of aliphatic hydroxyl groups excluding tert-OH is 1. The highest BCUT2D eigenvalue weighted by atomic mass is 127.